The van der Waals surface area contributed by atoms with Crippen LogP contribution in [0.2, 0.25) is 0 Å². The van der Waals surface area contributed by atoms with Crippen molar-refractivity contribution < 1.29 is 23.5 Å². The van der Waals surface area contributed by atoms with E-state index in [0.717, 1.165) is 0 Å². The van der Waals surface area contributed by atoms with E-state index < -0.39 is 23.9 Å². The predicted octanol–water partition coefficient (Wildman–Crippen LogP) is 1.68. The van der Waals surface area contributed by atoms with E-state index >= 15 is 0 Å². The van der Waals surface area contributed by atoms with Crippen LogP contribution in [0.3, 0.4) is 0 Å². The molecule has 1 aromatic heterocycles. The molecule has 0 aliphatic carbocycles. The van der Waals surface area contributed by atoms with Crippen LogP contribution >= 0.6 is 11.3 Å². The molecule has 2 aromatic rings. The summed E-state index contributed by atoms with van der Waals surface area (Å²) in [4.78, 5) is 42.7. The summed E-state index contributed by atoms with van der Waals surface area (Å²) >= 11 is 1.31. The lowest BCUT2D eigenvalue weighted by Gasteiger charge is -2.25. The number of rotatable bonds is 3. The summed E-state index contributed by atoms with van der Waals surface area (Å²) in [5.74, 6) is -0.736. The van der Waals surface area contributed by atoms with Crippen molar-refractivity contribution in [1.29, 1.82) is 0 Å². The number of Topliss-reactive ketones (excluding diaryl/α,β-unsaturated/α-hetero) is 1. The van der Waals surface area contributed by atoms with Gasteiger partial charge in [0.05, 0.1) is 16.9 Å². The molecule has 0 spiro atoms. The van der Waals surface area contributed by atoms with Crippen molar-refractivity contribution in [3.63, 3.8) is 0 Å². The summed E-state index contributed by atoms with van der Waals surface area (Å²) in [7, 11) is 1.46. The van der Waals surface area contributed by atoms with Gasteiger partial charge in [-0.1, -0.05) is 11.3 Å². The first-order valence-corrected chi connectivity index (χ1v) is 9.34. The van der Waals surface area contributed by atoms with Gasteiger partial charge in [0.2, 0.25) is 0 Å². The highest BCUT2D eigenvalue weighted by Crippen LogP contribution is 2.35. The molecule has 0 saturated carbocycles. The van der Waals surface area contributed by atoms with Crippen LogP contribution in [-0.2, 0) is 14.3 Å². The Labute approximate surface area is 157 Å². The number of aromatic nitrogens is 1. The number of hydrogen-bond donors (Lipinski definition) is 1. The Bertz CT molecular complexity index is 936. The van der Waals surface area contributed by atoms with Crippen LogP contribution in [0.15, 0.2) is 12.1 Å². The molecule has 0 unspecified atom stereocenters. The maximum atomic E-state index is 14.6. The third kappa shape index (κ3) is 3.20. The molecule has 2 aliphatic rings. The number of cyclic esters (lactones) is 1. The van der Waals surface area contributed by atoms with Crippen LogP contribution in [0.25, 0.3) is 10.2 Å². The molecule has 142 valence electrons. The van der Waals surface area contributed by atoms with Crippen molar-refractivity contribution in [2.45, 2.75) is 18.9 Å². The van der Waals surface area contributed by atoms with Crippen LogP contribution in [0.5, 0.6) is 0 Å². The quantitative estimate of drug-likeness (QED) is 0.855. The van der Waals surface area contributed by atoms with Crippen LogP contribution in [-0.4, -0.2) is 55.6 Å². The Morgan fingerprint density at radius 3 is 2.78 bits per heavy atom. The summed E-state index contributed by atoms with van der Waals surface area (Å²) in [5, 5.41) is 3.08. The number of amides is 2. The van der Waals surface area contributed by atoms with Gasteiger partial charge in [-0.3, -0.25) is 14.5 Å². The molecular weight excluding hydrogens is 375 g/mol. The molecular formula is C17H17FN4O4S. The number of thiazole rings is 1. The van der Waals surface area contributed by atoms with E-state index in [1.165, 1.54) is 29.4 Å². The number of nitrogens with one attached hydrogen (secondary N) is 1. The Morgan fingerprint density at radius 2 is 2.07 bits per heavy atom. The second-order valence-corrected chi connectivity index (χ2v) is 7.40. The first-order valence-electron chi connectivity index (χ1n) is 8.52. The zero-order valence-corrected chi connectivity index (χ0v) is 15.3. The van der Waals surface area contributed by atoms with Gasteiger partial charge in [0.25, 0.3) is 5.91 Å². The molecule has 1 atom stereocenters. The zero-order valence-electron chi connectivity index (χ0n) is 14.5. The minimum atomic E-state index is -0.927. The number of anilines is 2. The number of fused-ring (bicyclic) bond motifs is 1. The second-order valence-electron chi connectivity index (χ2n) is 6.39. The van der Waals surface area contributed by atoms with Gasteiger partial charge in [0.15, 0.2) is 17.1 Å². The molecule has 1 aromatic carbocycles. The van der Waals surface area contributed by atoms with E-state index in [-0.39, 0.29) is 17.8 Å². The molecule has 0 radical (unpaired) electrons. The summed E-state index contributed by atoms with van der Waals surface area (Å²) < 4.78 is 20.2. The molecule has 0 bridgehead atoms. The molecule has 2 aliphatic heterocycles. The maximum absolute atomic E-state index is 14.6. The lowest BCUT2D eigenvalue weighted by atomic mass is 10.1. The number of ketones is 1. The Kier molecular flexibility index (Phi) is 4.42. The van der Waals surface area contributed by atoms with Crippen LogP contribution in [0.4, 0.5) is 20.0 Å². The summed E-state index contributed by atoms with van der Waals surface area (Å²) in [6.07, 6.45) is -0.695. The minimum absolute atomic E-state index is 0.0172. The fourth-order valence-corrected chi connectivity index (χ4v) is 4.24. The van der Waals surface area contributed by atoms with Crippen LogP contribution in [0, 0.1) is 5.82 Å². The smallest absolute Gasteiger partial charge is 0.415 e. The number of hydrogen-bond acceptors (Lipinski definition) is 7. The number of carbonyl (C=O) groups excluding carboxylic acids is 3. The zero-order chi connectivity index (χ0) is 19.1. The average Bonchev–Trinajstić information content (AvgIpc) is 3.25. The lowest BCUT2D eigenvalue weighted by molar-refractivity contribution is -0.127. The molecule has 3 heterocycles. The van der Waals surface area contributed by atoms with E-state index in [2.05, 4.69) is 10.3 Å². The van der Waals surface area contributed by atoms with E-state index in [4.69, 9.17) is 4.74 Å². The van der Waals surface area contributed by atoms with E-state index in [1.807, 2.05) is 4.90 Å². The highest BCUT2D eigenvalue weighted by atomic mass is 32.1. The van der Waals surface area contributed by atoms with Crippen molar-refractivity contribution in [1.82, 2.24) is 10.3 Å². The van der Waals surface area contributed by atoms with E-state index in [1.54, 1.807) is 6.07 Å². The molecule has 27 heavy (non-hydrogen) atoms. The number of benzene rings is 1. The Hall–Kier alpha value is -2.75. The number of ether oxygens (including phenoxy) is 1. The van der Waals surface area contributed by atoms with E-state index in [9.17, 15) is 18.8 Å². The van der Waals surface area contributed by atoms with Gasteiger partial charge in [-0.05, 0) is 6.07 Å². The first-order chi connectivity index (χ1) is 13.0. The number of piperidine rings is 1. The monoisotopic (exact) mass is 392 g/mol. The minimum Gasteiger partial charge on any atom is -0.434 e. The average molecular weight is 392 g/mol. The summed E-state index contributed by atoms with van der Waals surface area (Å²) in [6.45, 7) is 1.15. The highest BCUT2D eigenvalue weighted by Gasteiger charge is 2.37. The SMILES string of the molecule is CNC(=O)[C@H]1CN(c2cc(F)c3nc(N4CCC(=O)CC4)sc3c2)C(=O)O1. The number of halogens is 1. The van der Waals surface area contributed by atoms with Crippen molar-refractivity contribution in [2.75, 3.05) is 36.5 Å². The molecule has 10 heteroatoms. The van der Waals surface area contributed by atoms with Gasteiger partial charge in [0, 0.05) is 39.0 Å². The summed E-state index contributed by atoms with van der Waals surface area (Å²) in [5.41, 5.74) is 0.548. The van der Waals surface area contributed by atoms with Crippen molar-refractivity contribution in [3.8, 4) is 0 Å². The maximum Gasteiger partial charge on any atom is 0.415 e. The molecule has 4 rings (SSSR count). The van der Waals surface area contributed by atoms with Gasteiger partial charge in [-0.15, -0.1) is 0 Å². The summed E-state index contributed by atoms with van der Waals surface area (Å²) in [6, 6.07) is 2.89. The van der Waals surface area contributed by atoms with Gasteiger partial charge in [0.1, 0.15) is 11.3 Å². The largest absolute Gasteiger partial charge is 0.434 e. The highest BCUT2D eigenvalue weighted by molar-refractivity contribution is 7.22. The third-order valence-corrected chi connectivity index (χ3v) is 5.74. The van der Waals surface area contributed by atoms with Crippen molar-refractivity contribution >= 4 is 50.2 Å². The number of nitrogens with zero attached hydrogens (tertiary/aromatic N) is 3. The Balaban J connectivity index is 1.63. The predicted molar refractivity (Wildman–Crippen MR) is 97.7 cm³/mol. The van der Waals surface area contributed by atoms with Gasteiger partial charge < -0.3 is 15.0 Å². The number of likely N-dealkylation sites (N-methyl/N-ethyl adjacent to an activating group) is 1. The van der Waals surface area contributed by atoms with Crippen LogP contribution < -0.4 is 15.1 Å². The molecule has 2 fully saturated rings. The topological polar surface area (TPSA) is 91.8 Å². The molecule has 2 amide bonds. The fourth-order valence-electron chi connectivity index (χ4n) is 3.17. The molecule has 1 N–H and O–H groups in total. The first kappa shape index (κ1) is 17.7. The van der Waals surface area contributed by atoms with E-state index in [0.29, 0.717) is 41.5 Å². The second kappa shape index (κ2) is 6.76. The van der Waals surface area contributed by atoms with Gasteiger partial charge >= 0.3 is 6.09 Å². The van der Waals surface area contributed by atoms with Crippen molar-refractivity contribution in [2.24, 2.45) is 0 Å². The lowest BCUT2D eigenvalue weighted by Crippen LogP contribution is -2.35. The Morgan fingerprint density at radius 1 is 1.33 bits per heavy atom. The third-order valence-electron chi connectivity index (χ3n) is 4.68. The van der Waals surface area contributed by atoms with Crippen LogP contribution in [0.1, 0.15) is 12.8 Å². The molecule has 2 saturated heterocycles. The normalized spacial score (nSPS) is 20.3. The van der Waals surface area contributed by atoms with Gasteiger partial charge in [-0.2, -0.15) is 0 Å². The standard InChI is InChI=1S/C17H17FN4O4S/c1-19-15(24)12-8-22(17(25)26-12)9-6-11(18)14-13(7-9)27-16(20-14)21-4-2-10(23)3-5-21/h6-7,12H,2-5,8H2,1H3,(H,19,24)/t12-/m1/s1. The van der Waals surface area contributed by atoms with Gasteiger partial charge in [-0.25, -0.2) is 14.2 Å². The molecule has 8 nitrogen and oxygen atoms in total. The van der Waals surface area contributed by atoms with Crippen molar-refractivity contribution in [3.05, 3.63) is 17.9 Å². The fraction of sp³-hybridized carbons (Fsp3) is 0.412. The number of carbonyl (C=O) groups is 3.